The van der Waals surface area contributed by atoms with Gasteiger partial charge in [-0.05, 0) is 24.3 Å². The van der Waals surface area contributed by atoms with Crippen molar-refractivity contribution in [2.24, 2.45) is 0 Å². The Morgan fingerprint density at radius 1 is 1.37 bits per heavy atom. The molecule has 0 aliphatic heterocycles. The first-order valence-electron chi connectivity index (χ1n) is 5.23. The highest BCUT2D eigenvalue weighted by molar-refractivity contribution is 6.30. The van der Waals surface area contributed by atoms with Crippen LogP contribution in [0.4, 0.5) is 10.1 Å². The average molecular weight is 283 g/mol. The minimum atomic E-state index is -0.621. The highest BCUT2D eigenvalue weighted by atomic mass is 35.5. The molecule has 0 saturated carbocycles. The number of hydrogen-bond acceptors (Lipinski definition) is 4. The molecule has 1 aromatic heterocycles. The summed E-state index contributed by atoms with van der Waals surface area (Å²) in [6.45, 7) is -0.0270. The second-order valence-electron chi connectivity index (χ2n) is 3.64. The van der Waals surface area contributed by atoms with Gasteiger partial charge in [0.25, 0.3) is 5.69 Å². The first kappa shape index (κ1) is 13.2. The maximum atomic E-state index is 12.6. The number of hydrogen-bond donors (Lipinski definition) is 0. The molecule has 1 heterocycles. The van der Waals surface area contributed by atoms with E-state index in [1.165, 1.54) is 30.5 Å². The van der Waals surface area contributed by atoms with Crippen LogP contribution in [-0.4, -0.2) is 9.91 Å². The van der Waals surface area contributed by atoms with Crippen LogP contribution in [0.25, 0.3) is 0 Å². The summed E-state index contributed by atoms with van der Waals surface area (Å²) in [6.07, 6.45) is 1.21. The summed E-state index contributed by atoms with van der Waals surface area (Å²) in [5.41, 5.74) is 0.251. The maximum Gasteiger partial charge on any atom is 0.277 e. The van der Waals surface area contributed by atoms with E-state index in [-0.39, 0.29) is 17.3 Å². The lowest BCUT2D eigenvalue weighted by molar-refractivity contribution is -0.385. The molecule has 0 bridgehead atoms. The highest BCUT2D eigenvalue weighted by Crippen LogP contribution is 2.24. The second kappa shape index (κ2) is 5.62. The highest BCUT2D eigenvalue weighted by Gasteiger charge is 2.14. The van der Waals surface area contributed by atoms with Crippen LogP contribution in [-0.2, 0) is 6.61 Å². The van der Waals surface area contributed by atoms with Crippen LogP contribution in [0, 0.1) is 16.1 Å². The first-order valence-corrected chi connectivity index (χ1v) is 5.61. The molecule has 0 spiro atoms. The number of pyridine rings is 1. The van der Waals surface area contributed by atoms with Crippen molar-refractivity contribution in [1.82, 2.24) is 4.98 Å². The molecule has 1 aromatic carbocycles. The number of halogens is 2. The average Bonchev–Trinajstić information content (AvgIpc) is 2.39. The van der Waals surface area contributed by atoms with E-state index in [9.17, 15) is 14.5 Å². The van der Waals surface area contributed by atoms with Gasteiger partial charge in [0.15, 0.2) is 0 Å². The van der Waals surface area contributed by atoms with Crippen molar-refractivity contribution in [1.29, 1.82) is 0 Å². The predicted molar refractivity (Wildman–Crippen MR) is 66.6 cm³/mol. The molecule has 5 nitrogen and oxygen atoms in total. The lowest BCUT2D eigenvalue weighted by Gasteiger charge is -2.06. The van der Waals surface area contributed by atoms with Gasteiger partial charge in [0.1, 0.15) is 12.4 Å². The van der Waals surface area contributed by atoms with Crippen LogP contribution < -0.4 is 4.74 Å². The van der Waals surface area contributed by atoms with E-state index in [1.807, 2.05) is 0 Å². The fraction of sp³-hybridized carbons (Fsp3) is 0.0833. The zero-order valence-corrected chi connectivity index (χ0v) is 10.3. The van der Waals surface area contributed by atoms with Crippen molar-refractivity contribution in [2.45, 2.75) is 6.61 Å². The van der Waals surface area contributed by atoms with Crippen molar-refractivity contribution in [2.75, 3.05) is 0 Å². The maximum absolute atomic E-state index is 12.6. The minimum Gasteiger partial charge on any atom is -0.487 e. The zero-order chi connectivity index (χ0) is 13.8. The van der Waals surface area contributed by atoms with Gasteiger partial charge in [0.05, 0.1) is 16.7 Å². The van der Waals surface area contributed by atoms with Crippen molar-refractivity contribution >= 4 is 17.3 Å². The molecule has 0 atom stereocenters. The van der Waals surface area contributed by atoms with Gasteiger partial charge < -0.3 is 4.74 Å². The van der Waals surface area contributed by atoms with Gasteiger partial charge in [0, 0.05) is 11.1 Å². The smallest absolute Gasteiger partial charge is 0.277 e. The second-order valence-corrected chi connectivity index (χ2v) is 4.07. The summed E-state index contributed by atoms with van der Waals surface area (Å²) in [6, 6.07) is 6.84. The van der Waals surface area contributed by atoms with Crippen molar-refractivity contribution in [3.05, 3.63) is 63.2 Å². The van der Waals surface area contributed by atoms with Crippen molar-refractivity contribution in [3.63, 3.8) is 0 Å². The first-order chi connectivity index (χ1) is 9.06. The van der Waals surface area contributed by atoms with E-state index in [0.717, 1.165) is 6.07 Å². The Hall–Kier alpha value is -2.21. The Morgan fingerprint density at radius 3 is 2.79 bits per heavy atom. The summed E-state index contributed by atoms with van der Waals surface area (Å²) < 4.78 is 17.9. The molecule has 0 fully saturated rings. The standard InChI is InChI=1S/C12H8ClFN2O3/c13-9-2-1-8(11(5-9)16(17)18)7-19-10-3-4-12(14)15-6-10/h1-6H,7H2. The van der Waals surface area contributed by atoms with Crippen LogP contribution in [0.3, 0.4) is 0 Å². The molecule has 0 amide bonds. The molecular weight excluding hydrogens is 275 g/mol. The molecule has 0 saturated heterocycles. The number of nitro groups is 1. The summed E-state index contributed by atoms with van der Waals surface area (Å²) >= 11 is 5.70. The van der Waals surface area contributed by atoms with Crippen LogP contribution in [0.15, 0.2) is 36.5 Å². The van der Waals surface area contributed by atoms with E-state index in [0.29, 0.717) is 11.3 Å². The third-order valence-corrected chi connectivity index (χ3v) is 2.57. The van der Waals surface area contributed by atoms with E-state index in [1.54, 1.807) is 0 Å². The molecule has 7 heteroatoms. The Kier molecular flexibility index (Phi) is 3.91. The normalized spacial score (nSPS) is 10.2. The Morgan fingerprint density at radius 2 is 2.16 bits per heavy atom. The number of aromatic nitrogens is 1. The van der Waals surface area contributed by atoms with Gasteiger partial charge in [-0.1, -0.05) is 11.6 Å². The number of rotatable bonds is 4. The third-order valence-electron chi connectivity index (χ3n) is 2.34. The summed E-state index contributed by atoms with van der Waals surface area (Å²) in [5, 5.41) is 11.1. The lowest BCUT2D eigenvalue weighted by atomic mass is 10.2. The van der Waals surface area contributed by atoms with Gasteiger partial charge in [-0.15, -0.1) is 0 Å². The fourth-order valence-electron chi connectivity index (χ4n) is 1.44. The summed E-state index contributed by atoms with van der Waals surface area (Å²) in [7, 11) is 0. The molecule has 19 heavy (non-hydrogen) atoms. The fourth-order valence-corrected chi connectivity index (χ4v) is 1.60. The van der Waals surface area contributed by atoms with Gasteiger partial charge in [-0.3, -0.25) is 10.1 Å². The molecule has 98 valence electrons. The van der Waals surface area contributed by atoms with Crippen LogP contribution in [0.2, 0.25) is 5.02 Å². The summed E-state index contributed by atoms with van der Waals surface area (Å²) in [5.74, 6) is -0.296. The number of ether oxygens (including phenoxy) is 1. The van der Waals surface area contributed by atoms with Gasteiger partial charge in [0.2, 0.25) is 5.95 Å². The number of nitro benzene ring substituents is 1. The Labute approximate surface area is 112 Å². The van der Waals surface area contributed by atoms with Crippen LogP contribution >= 0.6 is 11.6 Å². The quantitative estimate of drug-likeness (QED) is 0.490. The Bertz CT molecular complexity index is 604. The third kappa shape index (κ3) is 3.38. The number of benzene rings is 1. The molecule has 0 N–H and O–H groups in total. The summed E-state index contributed by atoms with van der Waals surface area (Å²) in [4.78, 5) is 13.7. The van der Waals surface area contributed by atoms with Gasteiger partial charge in [-0.25, -0.2) is 4.98 Å². The van der Waals surface area contributed by atoms with Crippen molar-refractivity contribution in [3.8, 4) is 5.75 Å². The molecule has 0 aliphatic rings. The Balaban J connectivity index is 2.15. The largest absolute Gasteiger partial charge is 0.487 e. The minimum absolute atomic E-state index is 0.0270. The molecule has 0 aliphatic carbocycles. The van der Waals surface area contributed by atoms with Gasteiger partial charge >= 0.3 is 0 Å². The SMILES string of the molecule is O=[N+]([O-])c1cc(Cl)ccc1COc1ccc(F)nc1. The zero-order valence-electron chi connectivity index (χ0n) is 9.55. The molecular formula is C12H8ClFN2O3. The van der Waals surface area contributed by atoms with Crippen molar-refractivity contribution < 1.29 is 14.1 Å². The lowest BCUT2D eigenvalue weighted by Crippen LogP contribution is -2.01. The van der Waals surface area contributed by atoms with E-state index >= 15 is 0 Å². The molecule has 0 unspecified atom stereocenters. The van der Waals surface area contributed by atoms with Crippen LogP contribution in [0.5, 0.6) is 5.75 Å². The molecule has 2 aromatic rings. The molecule has 2 rings (SSSR count). The predicted octanol–water partition coefficient (Wildman–Crippen LogP) is 3.36. The monoisotopic (exact) mass is 282 g/mol. The molecule has 0 radical (unpaired) electrons. The topological polar surface area (TPSA) is 65.3 Å². The van der Waals surface area contributed by atoms with Gasteiger partial charge in [-0.2, -0.15) is 4.39 Å². The van der Waals surface area contributed by atoms with E-state index in [4.69, 9.17) is 16.3 Å². The number of nitrogens with zero attached hydrogens (tertiary/aromatic N) is 2. The van der Waals surface area contributed by atoms with E-state index in [2.05, 4.69) is 4.98 Å². The van der Waals surface area contributed by atoms with E-state index < -0.39 is 10.9 Å². The van der Waals surface area contributed by atoms with Crippen LogP contribution in [0.1, 0.15) is 5.56 Å².